The molecule has 0 saturated carbocycles. The average Bonchev–Trinajstić information content (AvgIpc) is 3.16. The van der Waals surface area contributed by atoms with E-state index in [0.29, 0.717) is 13.0 Å². The largest absolute Gasteiger partial charge is 0.466 e. The first-order valence-electron chi connectivity index (χ1n) is 25.0. The summed E-state index contributed by atoms with van der Waals surface area (Å²) in [6.07, 6.45) is 63.4. The van der Waals surface area contributed by atoms with E-state index in [1.807, 2.05) is 0 Å². The first kappa shape index (κ1) is 52.2. The van der Waals surface area contributed by atoms with Crippen molar-refractivity contribution in [3.63, 3.8) is 0 Å². The van der Waals surface area contributed by atoms with Crippen molar-refractivity contribution in [3.8, 4) is 0 Å². The zero-order valence-electron chi connectivity index (χ0n) is 37.2. The van der Waals surface area contributed by atoms with Gasteiger partial charge in [0.2, 0.25) is 0 Å². The molecule has 0 aromatic carbocycles. The summed E-state index contributed by atoms with van der Waals surface area (Å²) in [5, 5.41) is 0. The number of hydrogen-bond donors (Lipinski definition) is 0. The lowest BCUT2D eigenvalue weighted by molar-refractivity contribution is -0.143. The van der Waals surface area contributed by atoms with Crippen LogP contribution in [0, 0.1) is 5.92 Å². The van der Waals surface area contributed by atoms with Crippen LogP contribution in [0.25, 0.3) is 0 Å². The van der Waals surface area contributed by atoms with E-state index in [9.17, 15) is 4.79 Å². The highest BCUT2D eigenvalue weighted by molar-refractivity contribution is 5.69. The van der Waals surface area contributed by atoms with Gasteiger partial charge < -0.3 is 4.74 Å². The maximum Gasteiger partial charge on any atom is 0.305 e. The normalized spacial score (nSPS) is 12.3. The minimum Gasteiger partial charge on any atom is -0.466 e. The standard InChI is InChI=1S/C51H100O2/c1-4-6-7-8-9-10-11-12-26-30-33-36-39-42-45-48-51(52)53-49-46-43-40-37-34-31-28-25-23-21-19-17-15-13-14-16-18-20-22-24-27-29-32-35-38-41-44-47-50(3)5-2/h12,26,50H,4-11,13-25,27-49H2,1-3H3/b26-12-. The summed E-state index contributed by atoms with van der Waals surface area (Å²) in [4.78, 5) is 12.0. The molecule has 0 heterocycles. The third-order valence-electron chi connectivity index (χ3n) is 11.9. The van der Waals surface area contributed by atoms with Crippen LogP contribution < -0.4 is 0 Å². The molecule has 0 aliphatic carbocycles. The van der Waals surface area contributed by atoms with E-state index in [-0.39, 0.29) is 5.97 Å². The van der Waals surface area contributed by atoms with Gasteiger partial charge in [-0.1, -0.05) is 264 Å². The molecule has 2 nitrogen and oxygen atoms in total. The predicted molar refractivity (Wildman–Crippen MR) is 239 cm³/mol. The fourth-order valence-corrected chi connectivity index (χ4v) is 7.82. The Labute approximate surface area is 336 Å². The van der Waals surface area contributed by atoms with E-state index in [1.54, 1.807) is 0 Å². The molecule has 316 valence electrons. The van der Waals surface area contributed by atoms with Crippen LogP contribution >= 0.6 is 0 Å². The Bertz CT molecular complexity index is 698. The van der Waals surface area contributed by atoms with Crippen LogP contribution in [0.5, 0.6) is 0 Å². The smallest absolute Gasteiger partial charge is 0.305 e. The Morgan fingerprint density at radius 2 is 0.698 bits per heavy atom. The van der Waals surface area contributed by atoms with Crippen LogP contribution in [0.3, 0.4) is 0 Å². The van der Waals surface area contributed by atoms with Crippen LogP contribution in [0.4, 0.5) is 0 Å². The second kappa shape index (κ2) is 47.4. The molecule has 0 spiro atoms. The monoisotopic (exact) mass is 745 g/mol. The summed E-state index contributed by atoms with van der Waals surface area (Å²) in [6, 6.07) is 0. The topological polar surface area (TPSA) is 26.3 Å². The number of carbonyl (C=O) groups is 1. The Hall–Kier alpha value is -0.790. The molecule has 1 atom stereocenters. The Morgan fingerprint density at radius 1 is 0.396 bits per heavy atom. The van der Waals surface area contributed by atoms with Crippen LogP contribution in [0.2, 0.25) is 0 Å². The highest BCUT2D eigenvalue weighted by atomic mass is 16.5. The lowest BCUT2D eigenvalue weighted by atomic mass is 9.99. The van der Waals surface area contributed by atoms with E-state index < -0.39 is 0 Å². The zero-order chi connectivity index (χ0) is 38.4. The Balaban J connectivity index is 3.16. The molecule has 0 saturated heterocycles. The third kappa shape index (κ3) is 47.3. The lowest BCUT2D eigenvalue weighted by Gasteiger charge is -2.07. The second-order valence-corrected chi connectivity index (χ2v) is 17.4. The third-order valence-corrected chi connectivity index (χ3v) is 11.9. The predicted octanol–water partition coefficient (Wildman–Crippen LogP) is 18.5. The summed E-state index contributed by atoms with van der Waals surface area (Å²) in [5.41, 5.74) is 0. The summed E-state index contributed by atoms with van der Waals surface area (Å²) >= 11 is 0. The van der Waals surface area contributed by atoms with Gasteiger partial charge in [-0.2, -0.15) is 0 Å². The maximum absolute atomic E-state index is 12.0. The summed E-state index contributed by atoms with van der Waals surface area (Å²) < 4.78 is 5.48. The van der Waals surface area contributed by atoms with Gasteiger partial charge >= 0.3 is 5.97 Å². The number of carbonyl (C=O) groups excluding carboxylic acids is 1. The molecule has 0 fully saturated rings. The van der Waals surface area contributed by atoms with E-state index >= 15 is 0 Å². The molecule has 0 N–H and O–H groups in total. The molecule has 1 unspecified atom stereocenters. The van der Waals surface area contributed by atoms with Crippen LogP contribution in [-0.4, -0.2) is 12.6 Å². The zero-order valence-corrected chi connectivity index (χ0v) is 37.2. The van der Waals surface area contributed by atoms with Gasteiger partial charge in [-0.05, 0) is 44.4 Å². The van der Waals surface area contributed by atoms with Crippen LogP contribution in [0.1, 0.15) is 297 Å². The summed E-state index contributed by atoms with van der Waals surface area (Å²) in [7, 11) is 0. The van der Waals surface area contributed by atoms with Crippen molar-refractivity contribution in [2.24, 2.45) is 5.92 Å². The van der Waals surface area contributed by atoms with Crippen LogP contribution in [-0.2, 0) is 9.53 Å². The number of unbranched alkanes of at least 4 members (excludes halogenated alkanes) is 37. The first-order chi connectivity index (χ1) is 26.2. The minimum atomic E-state index is 0.0212. The van der Waals surface area contributed by atoms with Crippen molar-refractivity contribution < 1.29 is 9.53 Å². The number of rotatable bonds is 46. The van der Waals surface area contributed by atoms with Gasteiger partial charge in [0.05, 0.1) is 6.61 Å². The van der Waals surface area contributed by atoms with E-state index in [4.69, 9.17) is 4.74 Å². The molecule has 0 aliphatic rings. The number of ether oxygens (including phenoxy) is 1. The fourth-order valence-electron chi connectivity index (χ4n) is 7.82. The van der Waals surface area contributed by atoms with Crippen molar-refractivity contribution in [2.75, 3.05) is 6.61 Å². The maximum atomic E-state index is 12.0. The second-order valence-electron chi connectivity index (χ2n) is 17.4. The summed E-state index contributed by atoms with van der Waals surface area (Å²) in [6.45, 7) is 7.64. The SMILES string of the molecule is CCCCCCCC/C=C\CCCCCCCC(=O)OCCCCCCCCCCCCCCCCCCCCCCCCCCCCCC(C)CC. The van der Waals surface area contributed by atoms with Crippen molar-refractivity contribution in [2.45, 2.75) is 297 Å². The molecule has 53 heavy (non-hydrogen) atoms. The average molecular weight is 745 g/mol. The van der Waals surface area contributed by atoms with Crippen molar-refractivity contribution in [1.82, 2.24) is 0 Å². The highest BCUT2D eigenvalue weighted by Crippen LogP contribution is 2.18. The minimum absolute atomic E-state index is 0.0212. The Morgan fingerprint density at radius 3 is 1.06 bits per heavy atom. The molecular weight excluding hydrogens is 645 g/mol. The fraction of sp³-hybridized carbons (Fsp3) is 0.941. The molecule has 0 aliphatic heterocycles. The number of esters is 1. The number of allylic oxidation sites excluding steroid dienone is 2. The van der Waals surface area contributed by atoms with Crippen molar-refractivity contribution in [1.29, 1.82) is 0 Å². The molecule has 0 radical (unpaired) electrons. The van der Waals surface area contributed by atoms with Gasteiger partial charge in [0.1, 0.15) is 0 Å². The van der Waals surface area contributed by atoms with Crippen molar-refractivity contribution >= 4 is 5.97 Å². The van der Waals surface area contributed by atoms with Gasteiger partial charge in [0.15, 0.2) is 0 Å². The highest BCUT2D eigenvalue weighted by Gasteiger charge is 2.03. The van der Waals surface area contributed by atoms with E-state index in [2.05, 4.69) is 32.9 Å². The molecule has 0 aromatic heterocycles. The van der Waals surface area contributed by atoms with Gasteiger partial charge in [-0.25, -0.2) is 0 Å². The van der Waals surface area contributed by atoms with Crippen LogP contribution in [0.15, 0.2) is 12.2 Å². The molecule has 0 aromatic rings. The molecule has 2 heteroatoms. The van der Waals surface area contributed by atoms with Gasteiger partial charge in [-0.3, -0.25) is 4.79 Å². The van der Waals surface area contributed by atoms with Gasteiger partial charge in [0, 0.05) is 6.42 Å². The van der Waals surface area contributed by atoms with Gasteiger partial charge in [0.25, 0.3) is 0 Å². The molecule has 0 bridgehead atoms. The lowest BCUT2D eigenvalue weighted by Crippen LogP contribution is -2.05. The molecular formula is C51H100O2. The van der Waals surface area contributed by atoms with Gasteiger partial charge in [-0.15, -0.1) is 0 Å². The molecule has 0 rings (SSSR count). The molecule has 0 amide bonds. The van der Waals surface area contributed by atoms with Crippen molar-refractivity contribution in [3.05, 3.63) is 12.2 Å². The quantitative estimate of drug-likeness (QED) is 0.0352. The first-order valence-corrected chi connectivity index (χ1v) is 25.0. The Kier molecular flexibility index (Phi) is 46.7. The summed E-state index contributed by atoms with van der Waals surface area (Å²) in [5.74, 6) is 0.960. The number of hydrogen-bond acceptors (Lipinski definition) is 2. The van der Waals surface area contributed by atoms with E-state index in [0.717, 1.165) is 25.2 Å². The van der Waals surface area contributed by atoms with E-state index in [1.165, 1.54) is 250 Å².